The van der Waals surface area contributed by atoms with Gasteiger partial charge in [-0.25, -0.2) is 19.6 Å². The molecule has 0 radical (unpaired) electrons. The maximum Gasteiger partial charge on any atom is 0.329 e. The number of unbranched alkanes of at least 4 members (excludes halogenated alkanes) is 4. The lowest BCUT2D eigenvalue weighted by molar-refractivity contribution is -0.154. The summed E-state index contributed by atoms with van der Waals surface area (Å²) in [6.45, 7) is 21.8. The van der Waals surface area contributed by atoms with Crippen molar-refractivity contribution in [1.82, 2.24) is 41.9 Å². The predicted molar refractivity (Wildman–Crippen MR) is 331 cm³/mol. The summed E-state index contributed by atoms with van der Waals surface area (Å²) >= 11 is 14.1. The van der Waals surface area contributed by atoms with Gasteiger partial charge in [-0.2, -0.15) is 0 Å². The molecule has 6 N–H and O–H groups in total. The summed E-state index contributed by atoms with van der Waals surface area (Å²) in [6.07, 6.45) is 12.1. The number of nitrogens with one attached hydrogen (secondary N) is 6. The Kier molecular flexibility index (Phi) is 36.1. The second kappa shape index (κ2) is 38.9. The number of alkyl halides is 3. The van der Waals surface area contributed by atoms with Crippen LogP contribution >= 0.6 is 91.2 Å². The minimum absolute atomic E-state index is 0.104. The van der Waals surface area contributed by atoms with Crippen molar-refractivity contribution in [3.8, 4) is 0 Å². The van der Waals surface area contributed by atoms with Crippen molar-refractivity contribution in [2.24, 2.45) is 11.8 Å². The lowest BCUT2D eigenvalue weighted by Gasteiger charge is -2.29. The van der Waals surface area contributed by atoms with Gasteiger partial charge in [0.05, 0.1) is 27.9 Å². The Bertz CT molecular complexity index is 2340. The highest BCUT2D eigenvalue weighted by Crippen LogP contribution is 2.19. The molecule has 19 nitrogen and oxygen atoms in total. The molecule has 4 bridgehead atoms. The number of hydrogen-bond acceptors (Lipinski definition) is 16. The molecule has 2 aliphatic rings. The first-order valence-corrected chi connectivity index (χ1v) is 32.4. The maximum absolute atomic E-state index is 13.2. The molecule has 4 heterocycles. The fourth-order valence-corrected chi connectivity index (χ4v) is 9.11. The number of amides is 6. The van der Waals surface area contributed by atoms with Gasteiger partial charge in [0.15, 0.2) is 5.12 Å². The number of ether oxygens (including phenoxy) is 2. The highest BCUT2D eigenvalue weighted by molar-refractivity contribution is 14.2. The van der Waals surface area contributed by atoms with E-state index in [4.69, 9.17) is 21.1 Å². The van der Waals surface area contributed by atoms with Crippen molar-refractivity contribution in [2.75, 3.05) is 11.6 Å². The molecule has 0 aromatic carbocycles. The van der Waals surface area contributed by atoms with Crippen LogP contribution in [-0.2, 0) is 56.1 Å². The number of esters is 2. The number of thiazole rings is 2. The van der Waals surface area contributed by atoms with E-state index >= 15 is 0 Å². The first-order chi connectivity index (χ1) is 37.2. The largest absolute Gasteiger partial charge is 0.456 e. The van der Waals surface area contributed by atoms with Gasteiger partial charge in [-0.05, 0) is 77.9 Å². The number of halogens is 3. The Morgan fingerprint density at radius 3 is 1.51 bits per heavy atom. The third-order valence-corrected chi connectivity index (χ3v) is 14.0. The molecule has 4 rings (SSSR count). The minimum Gasteiger partial charge on any atom is -0.456 e. The molecule has 444 valence electrons. The van der Waals surface area contributed by atoms with Gasteiger partial charge in [-0.1, -0.05) is 143 Å². The van der Waals surface area contributed by atoms with E-state index in [-0.39, 0.29) is 66.1 Å². The van der Waals surface area contributed by atoms with Crippen molar-refractivity contribution in [1.29, 1.82) is 0 Å². The lowest BCUT2D eigenvalue weighted by Crippen LogP contribution is -2.59. The van der Waals surface area contributed by atoms with Crippen LogP contribution in [0.2, 0.25) is 0 Å². The van der Waals surface area contributed by atoms with Gasteiger partial charge in [0, 0.05) is 28.8 Å². The zero-order chi connectivity index (χ0) is 59.9. The van der Waals surface area contributed by atoms with Crippen LogP contribution in [-0.4, -0.2) is 111 Å². The Labute approximate surface area is 511 Å². The number of carbonyl (C=O) groups is 9. The molecule has 2 aromatic heterocycles. The van der Waals surface area contributed by atoms with Crippen LogP contribution in [0.5, 0.6) is 0 Å². The second-order valence-corrected chi connectivity index (χ2v) is 29.3. The smallest absolute Gasteiger partial charge is 0.329 e. The van der Waals surface area contributed by atoms with Gasteiger partial charge < -0.3 is 41.4 Å². The number of allylic oxidation sites excluding steroid dienone is 2. The Balaban J connectivity index is 0.000000735. The van der Waals surface area contributed by atoms with Crippen molar-refractivity contribution >= 4 is 144 Å². The number of hydrogen-bond donors (Lipinski definition) is 6. The van der Waals surface area contributed by atoms with E-state index < -0.39 is 70.9 Å². The summed E-state index contributed by atoms with van der Waals surface area (Å²) in [7, 11) is 0. The third kappa shape index (κ3) is 29.7. The second-order valence-electron chi connectivity index (χ2n) is 19.7. The van der Waals surface area contributed by atoms with Gasteiger partial charge in [0.1, 0.15) is 56.8 Å². The summed E-state index contributed by atoms with van der Waals surface area (Å²) in [5.41, 5.74) is -2.35. The first-order valence-electron chi connectivity index (χ1n) is 26.6. The number of cyclic esters (lactones) is 2. The highest BCUT2D eigenvalue weighted by atomic mass is 127. The average Bonchev–Trinajstić information content (AvgIpc) is 4.07. The number of aromatic nitrogens is 2. The van der Waals surface area contributed by atoms with Crippen molar-refractivity contribution in [3.63, 3.8) is 0 Å². The molecular formula is C54H83ClI2N8O11S3. The molecule has 0 saturated carbocycles. The molecule has 2 aliphatic heterocycles. The minimum atomic E-state index is -1.33. The fourth-order valence-electron chi connectivity index (χ4n) is 6.79. The monoisotopic (exact) mass is 1400 g/mol. The molecule has 0 fully saturated rings. The Morgan fingerprint density at radius 2 is 1.11 bits per heavy atom. The summed E-state index contributed by atoms with van der Waals surface area (Å²) in [6, 6.07) is -1.97. The number of fused-ring (bicyclic) bond motifs is 4. The SMILES string of the molecule is CC.CC(C)[C@@H]1NC(=O)C(C)(C)NC(=O)c2csc(n2)CNC(=O)C[C@@H](/C=C/CCCl)OC1=O.CC(I)I.CCCCCCCC(=O)SCC/C=C/[C@@H]1CC(=O)NCc2nc(cs2)C(=O)NC(C)(C)C(=O)N[C@@H](C(C)C)C(=O)O1. The van der Waals surface area contributed by atoms with E-state index in [2.05, 4.69) is 101 Å². The molecule has 0 unspecified atom stereocenters. The molecule has 0 saturated heterocycles. The van der Waals surface area contributed by atoms with E-state index in [0.29, 0.717) is 40.9 Å². The number of carbonyl (C=O) groups excluding carboxylic acids is 9. The van der Waals surface area contributed by atoms with Gasteiger partial charge in [0.2, 0.25) is 23.6 Å². The Morgan fingerprint density at radius 1 is 0.709 bits per heavy atom. The third-order valence-electron chi connectivity index (χ3n) is 11.2. The maximum atomic E-state index is 13.2. The topological polar surface area (TPSA) is 270 Å². The summed E-state index contributed by atoms with van der Waals surface area (Å²) in [5, 5.41) is 20.5. The van der Waals surface area contributed by atoms with Crippen LogP contribution in [0.15, 0.2) is 35.1 Å². The fraction of sp³-hybridized carbons (Fsp3) is 0.648. The molecule has 4 atom stereocenters. The molecule has 0 spiro atoms. The van der Waals surface area contributed by atoms with Crippen molar-refractivity contribution < 1.29 is 52.6 Å². The highest BCUT2D eigenvalue weighted by Gasteiger charge is 2.38. The molecule has 6 amide bonds. The van der Waals surface area contributed by atoms with E-state index in [9.17, 15) is 43.2 Å². The molecular weight excluding hydrogens is 1320 g/mol. The zero-order valence-corrected chi connectivity index (χ0v) is 55.2. The van der Waals surface area contributed by atoms with E-state index in [1.807, 2.05) is 13.8 Å². The van der Waals surface area contributed by atoms with E-state index in [0.717, 1.165) is 21.2 Å². The number of rotatable bonds is 15. The normalized spacial score (nSPS) is 20.4. The molecule has 79 heavy (non-hydrogen) atoms. The van der Waals surface area contributed by atoms with Crippen LogP contribution in [0, 0.1) is 11.8 Å². The summed E-state index contributed by atoms with van der Waals surface area (Å²) in [4.78, 5) is 123. The molecule has 25 heteroatoms. The number of thioether (sulfide) groups is 1. The van der Waals surface area contributed by atoms with Gasteiger partial charge in [-0.15, -0.1) is 34.3 Å². The zero-order valence-electron chi connectivity index (χ0n) is 47.6. The van der Waals surface area contributed by atoms with Gasteiger partial charge >= 0.3 is 11.9 Å². The quantitative estimate of drug-likeness (QED) is 0.0319. The molecule has 0 aliphatic carbocycles. The lowest BCUT2D eigenvalue weighted by atomic mass is 9.99. The predicted octanol–water partition coefficient (Wildman–Crippen LogP) is 9.43. The van der Waals surface area contributed by atoms with E-state index in [1.54, 1.807) is 76.6 Å². The van der Waals surface area contributed by atoms with Crippen LogP contribution in [0.1, 0.15) is 178 Å². The van der Waals surface area contributed by atoms with Crippen LogP contribution in [0.3, 0.4) is 0 Å². The van der Waals surface area contributed by atoms with Crippen LogP contribution in [0.25, 0.3) is 0 Å². The van der Waals surface area contributed by atoms with Crippen LogP contribution in [0.4, 0.5) is 0 Å². The van der Waals surface area contributed by atoms with Gasteiger partial charge in [0.25, 0.3) is 11.8 Å². The summed E-state index contributed by atoms with van der Waals surface area (Å²) in [5.74, 6) is -3.85. The van der Waals surface area contributed by atoms with Crippen molar-refractivity contribution in [2.45, 2.75) is 198 Å². The average molecular weight is 1410 g/mol. The molecule has 2 aromatic rings. The van der Waals surface area contributed by atoms with Gasteiger partial charge in [-0.3, -0.25) is 33.6 Å². The van der Waals surface area contributed by atoms with E-state index in [1.165, 1.54) is 61.1 Å². The standard InChI is InChI=1S/C29H44N4O6S2.C21H29ClN4O5S.C2H4I2.C2H6/c1-6-7-8-9-10-14-24(35)40-15-12-11-13-20-16-22(34)30-17-23-31-21(18-41-23)26(36)33-29(4,5)28(38)32-25(19(2)3)27(37)39-20;1-12(2)17-19(29)31-13(7-5-6-8-22)9-15(27)23-10-16-24-14(11-32-16)18(28)26-21(3,4)20(30)25-17;1-2(3)4;1-2/h11,13,18-20,25H,6-10,12,14-17H2,1-5H3,(H,30,34)(H,32,38)(H,33,36);5,7,11-13,17H,6,8-10H2,1-4H3,(H,23,27)(H,25,30)(H,26,28);2H,1H3;1-2H3/b13-11+;7-5+;;/t20-,25+;13-,17+;;/m11../s1. The number of nitrogens with zero attached hydrogens (tertiary/aromatic N) is 2. The first kappa shape index (κ1) is 73.3. The Hall–Kier alpha value is -3.73. The van der Waals surface area contributed by atoms with Crippen molar-refractivity contribution in [3.05, 3.63) is 56.5 Å². The van der Waals surface area contributed by atoms with Crippen LogP contribution < -0.4 is 31.9 Å². The summed E-state index contributed by atoms with van der Waals surface area (Å²) < 4.78 is 12.0.